The van der Waals surface area contributed by atoms with Crippen LogP contribution in [0.1, 0.15) is 15.9 Å². The molecule has 0 saturated carbocycles. The zero-order valence-electron chi connectivity index (χ0n) is 13.8. The monoisotopic (exact) mass is 344 g/mol. The molecule has 3 aromatic rings. The Morgan fingerprint density at radius 2 is 1.38 bits per heavy atom. The van der Waals surface area contributed by atoms with Crippen LogP contribution in [0, 0.1) is 0 Å². The lowest BCUT2D eigenvalue weighted by atomic mass is 10.1. The molecule has 2 heterocycles. The van der Waals surface area contributed by atoms with Crippen LogP contribution in [0.25, 0.3) is 6.08 Å². The van der Waals surface area contributed by atoms with Crippen LogP contribution in [0.5, 0.6) is 0 Å². The molecule has 0 aliphatic carbocycles. The van der Waals surface area contributed by atoms with Crippen molar-refractivity contribution in [2.75, 3.05) is 10.6 Å². The third-order valence-electron chi connectivity index (χ3n) is 3.42. The van der Waals surface area contributed by atoms with Gasteiger partial charge in [0, 0.05) is 24.0 Å². The van der Waals surface area contributed by atoms with E-state index in [0.717, 1.165) is 5.56 Å². The van der Waals surface area contributed by atoms with E-state index in [0.29, 0.717) is 17.2 Å². The van der Waals surface area contributed by atoms with Crippen molar-refractivity contribution in [1.29, 1.82) is 0 Å². The average molecular weight is 344 g/mol. The van der Waals surface area contributed by atoms with Crippen molar-refractivity contribution in [3.05, 3.63) is 90.3 Å². The summed E-state index contributed by atoms with van der Waals surface area (Å²) in [4.78, 5) is 32.1. The maximum absolute atomic E-state index is 12.2. The van der Waals surface area contributed by atoms with Gasteiger partial charge in [0.1, 0.15) is 11.6 Å². The van der Waals surface area contributed by atoms with Gasteiger partial charge in [-0.1, -0.05) is 24.3 Å². The molecule has 0 radical (unpaired) electrons. The van der Waals surface area contributed by atoms with E-state index in [-0.39, 0.29) is 11.8 Å². The van der Waals surface area contributed by atoms with Crippen LogP contribution in [0.15, 0.2) is 79.1 Å². The van der Waals surface area contributed by atoms with Crippen molar-refractivity contribution >= 4 is 29.5 Å². The van der Waals surface area contributed by atoms with Crippen LogP contribution >= 0.6 is 0 Å². The molecule has 1 aromatic carbocycles. The number of benzene rings is 1. The van der Waals surface area contributed by atoms with E-state index in [1.807, 2.05) is 0 Å². The molecule has 128 valence electrons. The molecule has 0 atom stereocenters. The van der Waals surface area contributed by atoms with Crippen molar-refractivity contribution in [1.82, 2.24) is 9.97 Å². The number of aromatic nitrogens is 2. The van der Waals surface area contributed by atoms with Gasteiger partial charge in [-0.05, 0) is 48.0 Å². The Morgan fingerprint density at radius 1 is 0.769 bits per heavy atom. The molecule has 26 heavy (non-hydrogen) atoms. The van der Waals surface area contributed by atoms with Gasteiger partial charge >= 0.3 is 0 Å². The topological polar surface area (TPSA) is 84.0 Å². The highest BCUT2D eigenvalue weighted by Gasteiger charge is 2.06. The fraction of sp³-hybridized carbons (Fsp3) is 0. The summed E-state index contributed by atoms with van der Waals surface area (Å²) in [5.74, 6) is 0.462. The molecule has 0 spiro atoms. The lowest BCUT2D eigenvalue weighted by Crippen LogP contribution is -2.12. The maximum Gasteiger partial charge on any atom is 0.256 e. The number of amides is 2. The number of pyridine rings is 2. The highest BCUT2D eigenvalue weighted by atomic mass is 16.2. The second-order valence-electron chi connectivity index (χ2n) is 5.33. The quantitative estimate of drug-likeness (QED) is 0.695. The lowest BCUT2D eigenvalue weighted by molar-refractivity contribution is -0.111. The van der Waals surface area contributed by atoms with E-state index < -0.39 is 0 Å². The molecular weight excluding hydrogens is 328 g/mol. The fourth-order valence-corrected chi connectivity index (χ4v) is 2.15. The Morgan fingerprint density at radius 3 is 1.96 bits per heavy atom. The van der Waals surface area contributed by atoms with Gasteiger partial charge in [-0.25, -0.2) is 9.97 Å². The van der Waals surface area contributed by atoms with Gasteiger partial charge < -0.3 is 10.6 Å². The van der Waals surface area contributed by atoms with Crippen LogP contribution in [-0.4, -0.2) is 21.8 Å². The van der Waals surface area contributed by atoms with Gasteiger partial charge in [-0.15, -0.1) is 0 Å². The first-order valence-electron chi connectivity index (χ1n) is 7.93. The van der Waals surface area contributed by atoms with E-state index >= 15 is 0 Å². The van der Waals surface area contributed by atoms with Crippen molar-refractivity contribution in [3.8, 4) is 0 Å². The van der Waals surface area contributed by atoms with Gasteiger partial charge in [-0.2, -0.15) is 0 Å². The highest BCUT2D eigenvalue weighted by Crippen LogP contribution is 2.09. The summed E-state index contributed by atoms with van der Waals surface area (Å²) in [6.45, 7) is 0. The third-order valence-corrected chi connectivity index (χ3v) is 3.42. The fourth-order valence-electron chi connectivity index (χ4n) is 2.15. The molecule has 0 aliphatic heterocycles. The van der Waals surface area contributed by atoms with Gasteiger partial charge in [-0.3, -0.25) is 9.59 Å². The second-order valence-corrected chi connectivity index (χ2v) is 5.33. The molecule has 0 fully saturated rings. The minimum atomic E-state index is -0.277. The molecule has 0 bridgehead atoms. The summed E-state index contributed by atoms with van der Waals surface area (Å²) in [5.41, 5.74) is 1.31. The van der Waals surface area contributed by atoms with Gasteiger partial charge in [0.25, 0.3) is 5.91 Å². The summed E-state index contributed by atoms with van der Waals surface area (Å²) < 4.78 is 0. The maximum atomic E-state index is 12.2. The Balaban J connectivity index is 1.58. The van der Waals surface area contributed by atoms with E-state index in [1.165, 1.54) is 6.08 Å². The van der Waals surface area contributed by atoms with Crippen LogP contribution in [0.4, 0.5) is 11.6 Å². The van der Waals surface area contributed by atoms with Crippen LogP contribution in [-0.2, 0) is 4.79 Å². The summed E-state index contributed by atoms with van der Waals surface area (Å²) in [6.07, 6.45) is 6.30. The van der Waals surface area contributed by atoms with Gasteiger partial charge in [0.15, 0.2) is 0 Å². The number of rotatable bonds is 5. The highest BCUT2D eigenvalue weighted by molar-refractivity contribution is 6.04. The predicted molar refractivity (Wildman–Crippen MR) is 101 cm³/mol. The standard InChI is InChI=1S/C20H16N4O2/c25-19(23-17-5-1-3-13-21-17)12-9-15-7-10-16(11-8-15)20(26)24-18-6-2-4-14-22-18/h1-14H,(H,21,23,25)(H,22,24,26)/b12-9+. The third kappa shape index (κ3) is 4.85. The minimum absolute atomic E-state index is 0.243. The zero-order chi connectivity index (χ0) is 18.2. The number of hydrogen-bond donors (Lipinski definition) is 2. The SMILES string of the molecule is O=C(/C=C/c1ccc(C(=O)Nc2ccccn2)cc1)Nc1ccccn1. The number of nitrogens with zero attached hydrogens (tertiary/aromatic N) is 2. The minimum Gasteiger partial charge on any atom is -0.307 e. The van der Waals surface area contributed by atoms with E-state index in [2.05, 4.69) is 20.6 Å². The number of nitrogens with one attached hydrogen (secondary N) is 2. The Labute approximate surface area is 150 Å². The van der Waals surface area contributed by atoms with Crippen molar-refractivity contribution < 1.29 is 9.59 Å². The van der Waals surface area contributed by atoms with Gasteiger partial charge in [0.2, 0.25) is 5.91 Å². The van der Waals surface area contributed by atoms with E-state index in [1.54, 1.807) is 79.1 Å². The second kappa shape index (κ2) is 8.34. The van der Waals surface area contributed by atoms with Crippen LogP contribution in [0.2, 0.25) is 0 Å². The molecule has 3 rings (SSSR count). The molecular formula is C20H16N4O2. The normalized spacial score (nSPS) is 10.5. The van der Waals surface area contributed by atoms with Crippen molar-refractivity contribution in [2.45, 2.75) is 0 Å². The van der Waals surface area contributed by atoms with Crippen molar-refractivity contribution in [2.24, 2.45) is 0 Å². The van der Waals surface area contributed by atoms with E-state index in [9.17, 15) is 9.59 Å². The predicted octanol–water partition coefficient (Wildman–Crippen LogP) is 3.38. The molecule has 0 aliphatic rings. The summed E-state index contributed by atoms with van der Waals surface area (Å²) >= 11 is 0. The number of carbonyl (C=O) groups is 2. The molecule has 6 heteroatoms. The number of carbonyl (C=O) groups excluding carboxylic acids is 2. The number of anilines is 2. The first kappa shape index (κ1) is 17.0. The largest absolute Gasteiger partial charge is 0.307 e. The molecule has 2 amide bonds. The zero-order valence-corrected chi connectivity index (χ0v) is 13.8. The van der Waals surface area contributed by atoms with Gasteiger partial charge in [0.05, 0.1) is 0 Å². The molecule has 0 unspecified atom stereocenters. The van der Waals surface area contributed by atoms with Crippen LogP contribution < -0.4 is 10.6 Å². The van der Waals surface area contributed by atoms with E-state index in [4.69, 9.17) is 0 Å². The lowest BCUT2D eigenvalue weighted by Gasteiger charge is -2.04. The summed E-state index contributed by atoms with van der Waals surface area (Å²) in [5, 5.41) is 5.38. The Bertz CT molecular complexity index is 908. The first-order valence-corrected chi connectivity index (χ1v) is 7.93. The summed E-state index contributed by atoms with van der Waals surface area (Å²) in [7, 11) is 0. The molecule has 2 aromatic heterocycles. The first-order chi connectivity index (χ1) is 12.7. The Kier molecular flexibility index (Phi) is 5.47. The van der Waals surface area contributed by atoms with Crippen molar-refractivity contribution in [3.63, 3.8) is 0 Å². The Hall–Kier alpha value is -3.80. The average Bonchev–Trinajstić information content (AvgIpc) is 2.68. The smallest absolute Gasteiger partial charge is 0.256 e. The summed E-state index contributed by atoms with van der Waals surface area (Å²) in [6, 6.07) is 17.5. The number of hydrogen-bond acceptors (Lipinski definition) is 4. The molecule has 0 saturated heterocycles. The molecule has 6 nitrogen and oxygen atoms in total. The van der Waals surface area contributed by atoms with Crippen LogP contribution in [0.3, 0.4) is 0 Å². The molecule has 2 N–H and O–H groups in total.